The Balaban J connectivity index is 4.36. The van der Waals surface area contributed by atoms with Gasteiger partial charge in [0, 0.05) is 38.5 Å². The highest BCUT2D eigenvalue weighted by Gasteiger charge is 2.07. The highest BCUT2D eigenvalue weighted by atomic mass is 16.2. The molecule has 0 aliphatic rings. The Kier molecular flexibility index (Phi) is 8.35. The van der Waals surface area contributed by atoms with Crippen molar-refractivity contribution in [2.24, 2.45) is 5.73 Å². The van der Waals surface area contributed by atoms with E-state index in [0.29, 0.717) is 25.3 Å². The summed E-state index contributed by atoms with van der Waals surface area (Å²) in [5, 5.41) is 0. The van der Waals surface area contributed by atoms with Crippen molar-refractivity contribution in [3.8, 4) is 0 Å². The first kappa shape index (κ1) is 16.2. The molecule has 2 amide bonds. The molecule has 0 rings (SSSR count). The molecule has 0 atom stereocenters. The molecule has 0 fully saturated rings. The van der Waals surface area contributed by atoms with Crippen LogP contribution in [0.15, 0.2) is 24.0 Å². The fraction of sp³-hybridized carbons (Fsp3) is 0.538. The molecule has 0 saturated heterocycles. The molecule has 0 aromatic carbocycles. The average molecular weight is 253 g/mol. The molecule has 2 N–H and O–H groups in total. The van der Waals surface area contributed by atoms with Gasteiger partial charge in [-0.15, -0.1) is 0 Å². The van der Waals surface area contributed by atoms with Crippen LogP contribution in [0.5, 0.6) is 0 Å². The van der Waals surface area contributed by atoms with Gasteiger partial charge in [-0.25, -0.2) is 0 Å². The van der Waals surface area contributed by atoms with Crippen molar-refractivity contribution in [1.82, 2.24) is 9.80 Å². The van der Waals surface area contributed by atoms with E-state index in [0.717, 1.165) is 12.8 Å². The molecule has 18 heavy (non-hydrogen) atoms. The number of nitrogens with two attached hydrogens (primary N) is 1. The Morgan fingerprint density at radius 2 is 1.89 bits per heavy atom. The van der Waals surface area contributed by atoms with E-state index in [1.165, 1.54) is 6.92 Å². The maximum Gasteiger partial charge on any atom is 0.223 e. The molecule has 102 valence electrons. The van der Waals surface area contributed by atoms with Crippen LogP contribution in [-0.4, -0.2) is 41.8 Å². The van der Waals surface area contributed by atoms with Crippen molar-refractivity contribution in [2.45, 2.75) is 27.2 Å². The van der Waals surface area contributed by atoms with E-state index < -0.39 is 0 Å². The Hall–Kier alpha value is -1.78. The summed E-state index contributed by atoms with van der Waals surface area (Å²) in [6, 6.07) is 0. The zero-order chi connectivity index (χ0) is 14.0. The number of rotatable bonds is 8. The van der Waals surface area contributed by atoms with E-state index in [-0.39, 0.29) is 5.91 Å². The van der Waals surface area contributed by atoms with E-state index >= 15 is 0 Å². The second kappa shape index (κ2) is 9.27. The lowest BCUT2D eigenvalue weighted by molar-refractivity contribution is -0.127. The number of nitrogens with zero attached hydrogens (tertiary/aromatic N) is 2. The van der Waals surface area contributed by atoms with E-state index in [4.69, 9.17) is 5.73 Å². The summed E-state index contributed by atoms with van der Waals surface area (Å²) in [5.41, 5.74) is 6.17. The monoisotopic (exact) mass is 253 g/mol. The van der Waals surface area contributed by atoms with Crippen molar-refractivity contribution in [2.75, 3.05) is 19.6 Å². The lowest BCUT2D eigenvalue weighted by atomic mass is 10.4. The molecular weight excluding hydrogens is 230 g/mol. The molecule has 0 aromatic rings. The van der Waals surface area contributed by atoms with Gasteiger partial charge >= 0.3 is 0 Å². The van der Waals surface area contributed by atoms with Crippen molar-refractivity contribution in [3.63, 3.8) is 0 Å². The highest BCUT2D eigenvalue weighted by Crippen LogP contribution is 1.95. The number of carbonyl (C=O) groups excluding carboxylic acids is 2. The largest absolute Gasteiger partial charge is 0.402 e. The van der Waals surface area contributed by atoms with Gasteiger partial charge in [0.25, 0.3) is 0 Å². The van der Waals surface area contributed by atoms with Crippen LogP contribution < -0.4 is 5.73 Å². The van der Waals surface area contributed by atoms with Crippen LogP contribution in [0.4, 0.5) is 0 Å². The van der Waals surface area contributed by atoms with Crippen molar-refractivity contribution < 1.29 is 9.59 Å². The number of amides is 2. The topological polar surface area (TPSA) is 66.6 Å². The number of hydrogen-bond acceptors (Lipinski definition) is 3. The molecular formula is C13H23N3O2. The molecule has 0 unspecified atom stereocenters. The van der Waals surface area contributed by atoms with E-state index in [1.807, 2.05) is 6.92 Å². The smallest absolute Gasteiger partial charge is 0.223 e. The summed E-state index contributed by atoms with van der Waals surface area (Å²) in [7, 11) is 0. The molecule has 5 heteroatoms. The van der Waals surface area contributed by atoms with E-state index in [9.17, 15) is 9.59 Å². The Morgan fingerprint density at radius 1 is 1.22 bits per heavy atom. The maximum absolute atomic E-state index is 11.4. The number of hydrogen-bond donors (Lipinski definition) is 1. The average Bonchev–Trinajstić information content (AvgIpc) is 2.30. The van der Waals surface area contributed by atoms with Crippen LogP contribution in [-0.2, 0) is 9.59 Å². The van der Waals surface area contributed by atoms with Gasteiger partial charge in [-0.1, -0.05) is 6.92 Å². The summed E-state index contributed by atoms with van der Waals surface area (Å²) in [4.78, 5) is 25.4. The molecule has 0 heterocycles. The van der Waals surface area contributed by atoms with Gasteiger partial charge in [-0.2, -0.15) is 0 Å². The molecule has 0 saturated carbocycles. The zero-order valence-electron chi connectivity index (χ0n) is 11.4. The van der Waals surface area contributed by atoms with Crippen molar-refractivity contribution in [1.29, 1.82) is 0 Å². The normalized spacial score (nSPS) is 11.6. The minimum Gasteiger partial charge on any atom is -0.402 e. The van der Waals surface area contributed by atoms with E-state index in [1.54, 1.807) is 35.1 Å². The van der Waals surface area contributed by atoms with Crippen LogP contribution in [0.3, 0.4) is 0 Å². The van der Waals surface area contributed by atoms with Crippen LogP contribution in [0.1, 0.15) is 27.2 Å². The standard InChI is InChI=1S/C13H23N3O2/c1-4-7-15(11-17)9-10-16(13(3)18)8-5-6-12(2)14/h5-6,8,11H,4,7,9-10,14H2,1-3H3/b8-5+,12-6-. The van der Waals surface area contributed by atoms with Gasteiger partial charge in [-0.05, 0) is 25.5 Å². The molecule has 0 radical (unpaired) electrons. The fourth-order valence-electron chi connectivity index (χ4n) is 1.38. The number of allylic oxidation sites excluding steroid dienone is 3. The maximum atomic E-state index is 11.4. The second-order valence-corrected chi connectivity index (χ2v) is 4.11. The molecule has 5 nitrogen and oxygen atoms in total. The third kappa shape index (κ3) is 7.49. The van der Waals surface area contributed by atoms with Crippen LogP contribution >= 0.6 is 0 Å². The van der Waals surface area contributed by atoms with Gasteiger partial charge in [0.05, 0.1) is 0 Å². The zero-order valence-corrected chi connectivity index (χ0v) is 11.4. The van der Waals surface area contributed by atoms with Crippen LogP contribution in [0.25, 0.3) is 0 Å². The third-order valence-electron chi connectivity index (χ3n) is 2.32. The summed E-state index contributed by atoms with van der Waals surface area (Å²) in [6.07, 6.45) is 6.84. The molecule has 0 aliphatic heterocycles. The summed E-state index contributed by atoms with van der Waals surface area (Å²) in [5.74, 6) is -0.0586. The fourth-order valence-corrected chi connectivity index (χ4v) is 1.38. The first-order chi connectivity index (χ1) is 8.51. The van der Waals surface area contributed by atoms with Crippen molar-refractivity contribution >= 4 is 12.3 Å². The Morgan fingerprint density at radius 3 is 2.33 bits per heavy atom. The van der Waals surface area contributed by atoms with Gasteiger partial charge in [-0.3, -0.25) is 9.59 Å². The van der Waals surface area contributed by atoms with Gasteiger partial charge < -0.3 is 15.5 Å². The third-order valence-corrected chi connectivity index (χ3v) is 2.32. The first-order valence-electron chi connectivity index (χ1n) is 6.08. The van der Waals surface area contributed by atoms with Crippen LogP contribution in [0, 0.1) is 0 Å². The summed E-state index contributed by atoms with van der Waals surface area (Å²) in [6.45, 7) is 7.01. The second-order valence-electron chi connectivity index (χ2n) is 4.11. The predicted molar refractivity (Wildman–Crippen MR) is 72.4 cm³/mol. The van der Waals surface area contributed by atoms with Gasteiger partial charge in [0.2, 0.25) is 12.3 Å². The van der Waals surface area contributed by atoms with Gasteiger partial charge in [0.15, 0.2) is 0 Å². The quantitative estimate of drug-likeness (QED) is 0.520. The first-order valence-corrected chi connectivity index (χ1v) is 6.08. The number of carbonyl (C=O) groups is 2. The van der Waals surface area contributed by atoms with E-state index in [2.05, 4.69) is 0 Å². The minimum absolute atomic E-state index is 0.0586. The molecule has 0 aromatic heterocycles. The summed E-state index contributed by atoms with van der Waals surface area (Å²) < 4.78 is 0. The Labute approximate surface area is 109 Å². The molecule has 0 bridgehead atoms. The minimum atomic E-state index is -0.0586. The SMILES string of the molecule is CCCN(C=O)CCN(/C=C/C=C(/C)N)C(C)=O. The lowest BCUT2D eigenvalue weighted by Crippen LogP contribution is -2.34. The van der Waals surface area contributed by atoms with Crippen LogP contribution in [0.2, 0.25) is 0 Å². The highest BCUT2D eigenvalue weighted by molar-refractivity contribution is 5.74. The van der Waals surface area contributed by atoms with Crippen molar-refractivity contribution in [3.05, 3.63) is 24.0 Å². The molecule has 0 aliphatic carbocycles. The predicted octanol–water partition coefficient (Wildman–Crippen LogP) is 1.08. The van der Waals surface area contributed by atoms with Gasteiger partial charge in [0.1, 0.15) is 0 Å². The Bertz CT molecular complexity index is 320. The summed E-state index contributed by atoms with van der Waals surface area (Å²) >= 11 is 0. The lowest BCUT2D eigenvalue weighted by Gasteiger charge is -2.21. The molecule has 0 spiro atoms.